The fraction of sp³-hybridized carbons (Fsp3) is 0.400. The van der Waals surface area contributed by atoms with E-state index >= 15 is 0 Å². The molecule has 102 valence electrons. The normalized spacial score (nSPS) is 13.6. The van der Waals surface area contributed by atoms with Gasteiger partial charge in [-0.05, 0) is 13.0 Å². The summed E-state index contributed by atoms with van der Waals surface area (Å²) < 4.78 is 13.8. The monoisotopic (exact) mass is 278 g/mol. The molecule has 2 nitrogen and oxygen atoms in total. The molecule has 2 aromatic rings. The van der Waals surface area contributed by atoms with E-state index in [2.05, 4.69) is 25.8 Å². The van der Waals surface area contributed by atoms with Crippen LogP contribution >= 0.6 is 11.3 Å². The molecule has 0 saturated heterocycles. The van der Waals surface area contributed by atoms with Crippen molar-refractivity contribution in [1.29, 1.82) is 0 Å². The van der Waals surface area contributed by atoms with Crippen molar-refractivity contribution in [3.05, 3.63) is 51.2 Å². The molecule has 0 spiro atoms. The average molecular weight is 278 g/mol. The molecule has 2 rings (SSSR count). The largest absolute Gasteiger partial charge is 0.318 e. The average Bonchev–Trinajstić information content (AvgIpc) is 2.80. The maximum atomic E-state index is 13.8. The second kappa shape index (κ2) is 5.02. The Bertz CT molecular complexity index is 584. The Kier molecular flexibility index (Phi) is 3.74. The van der Waals surface area contributed by atoms with Crippen LogP contribution in [-0.2, 0) is 5.41 Å². The minimum atomic E-state index is -0.499. The number of aryl methyl sites for hydroxylation is 1. The number of rotatable bonds is 2. The van der Waals surface area contributed by atoms with Crippen molar-refractivity contribution in [3.63, 3.8) is 0 Å². The maximum absolute atomic E-state index is 13.8. The summed E-state index contributed by atoms with van der Waals surface area (Å²) in [5.41, 5.74) is 8.64. The van der Waals surface area contributed by atoms with E-state index < -0.39 is 6.04 Å². The first kappa shape index (κ1) is 14.2. The van der Waals surface area contributed by atoms with Crippen molar-refractivity contribution in [2.75, 3.05) is 0 Å². The minimum absolute atomic E-state index is 0.0143. The van der Waals surface area contributed by atoms with Crippen LogP contribution in [-0.4, -0.2) is 4.98 Å². The quantitative estimate of drug-likeness (QED) is 0.903. The van der Waals surface area contributed by atoms with Gasteiger partial charge in [-0.1, -0.05) is 38.5 Å². The Balaban J connectivity index is 2.36. The number of aromatic nitrogens is 1. The van der Waals surface area contributed by atoms with Crippen molar-refractivity contribution >= 4 is 11.3 Å². The SMILES string of the molecule is Cc1ccc(F)c(C(N)c2nc(C(C)(C)C)cs2)c1. The van der Waals surface area contributed by atoms with Crippen molar-refractivity contribution in [2.45, 2.75) is 39.2 Å². The zero-order valence-corrected chi connectivity index (χ0v) is 12.5. The van der Waals surface area contributed by atoms with Gasteiger partial charge in [-0.15, -0.1) is 11.3 Å². The van der Waals surface area contributed by atoms with E-state index in [9.17, 15) is 4.39 Å². The molecular weight excluding hydrogens is 259 g/mol. The standard InChI is InChI=1S/C15H19FN2S/c1-9-5-6-11(16)10(7-9)13(17)14-18-12(8-19-14)15(2,3)4/h5-8,13H,17H2,1-4H3. The third-order valence-corrected chi connectivity index (χ3v) is 3.97. The molecule has 2 N–H and O–H groups in total. The van der Waals surface area contributed by atoms with Crippen LogP contribution in [0.5, 0.6) is 0 Å². The Morgan fingerprint density at radius 2 is 2.00 bits per heavy atom. The van der Waals surface area contributed by atoms with Gasteiger partial charge in [0.25, 0.3) is 0 Å². The van der Waals surface area contributed by atoms with Gasteiger partial charge in [0, 0.05) is 16.4 Å². The molecule has 0 fully saturated rings. The molecule has 1 unspecified atom stereocenters. The Morgan fingerprint density at radius 1 is 1.32 bits per heavy atom. The number of hydrogen-bond donors (Lipinski definition) is 1. The van der Waals surface area contributed by atoms with Gasteiger partial charge in [0.1, 0.15) is 10.8 Å². The van der Waals surface area contributed by atoms with Crippen LogP contribution in [0.25, 0.3) is 0 Å². The molecule has 0 bridgehead atoms. The number of halogens is 1. The van der Waals surface area contributed by atoms with Crippen LogP contribution in [0.4, 0.5) is 4.39 Å². The highest BCUT2D eigenvalue weighted by molar-refractivity contribution is 7.09. The fourth-order valence-corrected chi connectivity index (χ4v) is 2.87. The van der Waals surface area contributed by atoms with Gasteiger partial charge in [0.05, 0.1) is 11.7 Å². The van der Waals surface area contributed by atoms with E-state index in [0.29, 0.717) is 5.56 Å². The van der Waals surface area contributed by atoms with Gasteiger partial charge in [-0.2, -0.15) is 0 Å². The maximum Gasteiger partial charge on any atom is 0.128 e. The summed E-state index contributed by atoms with van der Waals surface area (Å²) in [6.07, 6.45) is 0. The first-order valence-corrected chi connectivity index (χ1v) is 7.14. The predicted molar refractivity (Wildman–Crippen MR) is 78.0 cm³/mol. The number of nitrogens with two attached hydrogens (primary N) is 1. The van der Waals surface area contributed by atoms with Gasteiger partial charge in [-0.25, -0.2) is 9.37 Å². The number of hydrogen-bond acceptors (Lipinski definition) is 3. The van der Waals surface area contributed by atoms with Crippen LogP contribution in [0.1, 0.15) is 48.6 Å². The van der Waals surface area contributed by atoms with E-state index in [4.69, 9.17) is 5.73 Å². The molecule has 0 aliphatic carbocycles. The van der Waals surface area contributed by atoms with E-state index in [1.165, 1.54) is 17.4 Å². The zero-order chi connectivity index (χ0) is 14.2. The summed E-state index contributed by atoms with van der Waals surface area (Å²) in [4.78, 5) is 4.56. The predicted octanol–water partition coefficient (Wildman–Crippen LogP) is 3.94. The molecule has 1 aromatic carbocycles. The van der Waals surface area contributed by atoms with E-state index in [0.717, 1.165) is 16.3 Å². The molecule has 0 radical (unpaired) electrons. The van der Waals surface area contributed by atoms with Gasteiger partial charge in [0.15, 0.2) is 0 Å². The van der Waals surface area contributed by atoms with Crippen molar-refractivity contribution in [2.24, 2.45) is 5.73 Å². The molecule has 19 heavy (non-hydrogen) atoms. The van der Waals surface area contributed by atoms with E-state index in [1.807, 2.05) is 12.3 Å². The van der Waals surface area contributed by atoms with E-state index in [-0.39, 0.29) is 11.2 Å². The molecule has 0 aliphatic rings. The summed E-state index contributed by atoms with van der Waals surface area (Å²) in [5, 5.41) is 2.76. The molecule has 1 heterocycles. The first-order valence-electron chi connectivity index (χ1n) is 6.26. The second-order valence-electron chi connectivity index (χ2n) is 5.82. The highest BCUT2D eigenvalue weighted by Crippen LogP contribution is 2.29. The van der Waals surface area contributed by atoms with Gasteiger partial charge < -0.3 is 5.73 Å². The number of thiazole rings is 1. The Morgan fingerprint density at radius 3 is 2.58 bits per heavy atom. The summed E-state index contributed by atoms with van der Waals surface area (Å²) in [5.74, 6) is -0.273. The smallest absolute Gasteiger partial charge is 0.128 e. The van der Waals surface area contributed by atoms with Crippen LogP contribution in [0.15, 0.2) is 23.6 Å². The van der Waals surface area contributed by atoms with Crippen molar-refractivity contribution < 1.29 is 4.39 Å². The summed E-state index contributed by atoms with van der Waals surface area (Å²) in [6, 6.07) is 4.50. The van der Waals surface area contributed by atoms with Crippen LogP contribution in [0.3, 0.4) is 0 Å². The Labute approximate surface area is 117 Å². The molecule has 1 atom stereocenters. The van der Waals surface area contributed by atoms with Crippen molar-refractivity contribution in [1.82, 2.24) is 4.98 Å². The summed E-state index contributed by atoms with van der Waals surface area (Å²) in [6.45, 7) is 8.23. The summed E-state index contributed by atoms with van der Waals surface area (Å²) in [7, 11) is 0. The number of nitrogens with zero attached hydrogens (tertiary/aromatic N) is 1. The van der Waals surface area contributed by atoms with Gasteiger partial charge in [-0.3, -0.25) is 0 Å². The summed E-state index contributed by atoms with van der Waals surface area (Å²) >= 11 is 1.49. The molecule has 0 aliphatic heterocycles. The van der Waals surface area contributed by atoms with E-state index in [1.54, 1.807) is 12.1 Å². The lowest BCUT2D eigenvalue weighted by Gasteiger charge is -2.15. The molecule has 4 heteroatoms. The van der Waals surface area contributed by atoms with Crippen LogP contribution in [0, 0.1) is 12.7 Å². The highest BCUT2D eigenvalue weighted by atomic mass is 32.1. The molecule has 0 saturated carbocycles. The minimum Gasteiger partial charge on any atom is -0.318 e. The lowest BCUT2D eigenvalue weighted by atomic mass is 9.93. The Hall–Kier alpha value is -1.26. The lowest BCUT2D eigenvalue weighted by molar-refractivity contribution is 0.567. The van der Waals surface area contributed by atoms with Crippen molar-refractivity contribution in [3.8, 4) is 0 Å². The molecule has 1 aromatic heterocycles. The highest BCUT2D eigenvalue weighted by Gasteiger charge is 2.22. The van der Waals surface area contributed by atoms with Gasteiger partial charge >= 0.3 is 0 Å². The third kappa shape index (κ3) is 3.01. The number of benzene rings is 1. The zero-order valence-electron chi connectivity index (χ0n) is 11.7. The van der Waals surface area contributed by atoms with Crippen LogP contribution < -0.4 is 5.73 Å². The van der Waals surface area contributed by atoms with Gasteiger partial charge in [0.2, 0.25) is 0 Å². The molecular formula is C15H19FN2S. The first-order chi connectivity index (χ1) is 8.79. The second-order valence-corrected chi connectivity index (χ2v) is 6.71. The molecule has 0 amide bonds. The fourth-order valence-electron chi connectivity index (χ4n) is 1.81. The topological polar surface area (TPSA) is 38.9 Å². The third-order valence-electron chi connectivity index (χ3n) is 3.04. The van der Waals surface area contributed by atoms with Crippen LogP contribution in [0.2, 0.25) is 0 Å². The lowest BCUT2D eigenvalue weighted by Crippen LogP contribution is -2.16.